The van der Waals surface area contributed by atoms with Gasteiger partial charge < -0.3 is 10.1 Å². The first-order valence-electron chi connectivity index (χ1n) is 6.86. The minimum absolute atomic E-state index is 0.0686. The molecule has 1 aromatic rings. The molecule has 0 saturated heterocycles. The predicted octanol–water partition coefficient (Wildman–Crippen LogP) is 1.96. The molecule has 114 valence electrons. The predicted molar refractivity (Wildman–Crippen MR) is 82.3 cm³/mol. The van der Waals surface area contributed by atoms with E-state index in [4.69, 9.17) is 4.74 Å². The fourth-order valence-corrected chi connectivity index (χ4v) is 2.86. The molecule has 0 aliphatic rings. The Morgan fingerprint density at radius 2 is 2.10 bits per heavy atom. The van der Waals surface area contributed by atoms with Crippen LogP contribution in [0.5, 0.6) is 0 Å². The molecule has 5 nitrogen and oxygen atoms in total. The van der Waals surface area contributed by atoms with Crippen LogP contribution in [0, 0.1) is 0 Å². The minimum atomic E-state index is -3.30. The number of rotatable bonds is 10. The SMILES string of the molecule is CCCNCc1cccc(NS(=O)(=O)CCCOC)c1. The van der Waals surface area contributed by atoms with Crippen molar-refractivity contribution < 1.29 is 13.2 Å². The molecule has 0 aromatic heterocycles. The molecule has 6 heteroatoms. The maximum atomic E-state index is 11.9. The number of ether oxygens (including phenoxy) is 1. The zero-order valence-corrected chi connectivity index (χ0v) is 13.0. The van der Waals surface area contributed by atoms with Crippen LogP contribution in [0.3, 0.4) is 0 Å². The quantitative estimate of drug-likeness (QED) is 0.648. The van der Waals surface area contributed by atoms with Crippen molar-refractivity contribution in [2.24, 2.45) is 0 Å². The Morgan fingerprint density at radius 3 is 2.80 bits per heavy atom. The second kappa shape index (κ2) is 8.94. The highest BCUT2D eigenvalue weighted by molar-refractivity contribution is 7.92. The van der Waals surface area contributed by atoms with Crippen molar-refractivity contribution in [1.82, 2.24) is 5.32 Å². The van der Waals surface area contributed by atoms with E-state index in [1.54, 1.807) is 13.2 Å². The monoisotopic (exact) mass is 300 g/mol. The molecule has 2 N–H and O–H groups in total. The molecule has 20 heavy (non-hydrogen) atoms. The lowest BCUT2D eigenvalue weighted by Gasteiger charge is -2.10. The van der Waals surface area contributed by atoms with Crippen LogP contribution >= 0.6 is 0 Å². The van der Waals surface area contributed by atoms with E-state index < -0.39 is 10.0 Å². The summed E-state index contributed by atoms with van der Waals surface area (Å²) in [6.45, 7) is 4.25. The van der Waals surface area contributed by atoms with Gasteiger partial charge in [0.1, 0.15) is 0 Å². The van der Waals surface area contributed by atoms with E-state index in [0.29, 0.717) is 18.7 Å². The molecular formula is C14H24N2O3S. The van der Waals surface area contributed by atoms with Crippen LogP contribution in [-0.4, -0.2) is 34.4 Å². The van der Waals surface area contributed by atoms with Gasteiger partial charge in [0.15, 0.2) is 0 Å². The molecular weight excluding hydrogens is 276 g/mol. The minimum Gasteiger partial charge on any atom is -0.385 e. The Kier molecular flexibility index (Phi) is 7.58. The van der Waals surface area contributed by atoms with E-state index in [0.717, 1.165) is 25.1 Å². The van der Waals surface area contributed by atoms with Crippen LogP contribution in [-0.2, 0) is 21.3 Å². The van der Waals surface area contributed by atoms with Gasteiger partial charge >= 0.3 is 0 Å². The Hall–Kier alpha value is -1.11. The molecule has 0 heterocycles. The maximum Gasteiger partial charge on any atom is 0.232 e. The number of sulfonamides is 1. The standard InChI is InChI=1S/C14H24N2O3S/c1-3-8-15-12-13-6-4-7-14(11-13)16-20(17,18)10-5-9-19-2/h4,6-7,11,15-16H,3,5,8-10,12H2,1-2H3. The fraction of sp³-hybridized carbons (Fsp3) is 0.571. The van der Waals surface area contributed by atoms with E-state index >= 15 is 0 Å². The van der Waals surface area contributed by atoms with Crippen LogP contribution in [0.2, 0.25) is 0 Å². The van der Waals surface area contributed by atoms with Crippen molar-refractivity contribution in [2.45, 2.75) is 26.3 Å². The summed E-state index contributed by atoms with van der Waals surface area (Å²) in [7, 11) is -1.74. The highest BCUT2D eigenvalue weighted by atomic mass is 32.2. The van der Waals surface area contributed by atoms with E-state index in [1.165, 1.54) is 0 Å². The summed E-state index contributed by atoms with van der Waals surface area (Å²) in [6, 6.07) is 7.45. The van der Waals surface area contributed by atoms with E-state index in [-0.39, 0.29) is 5.75 Å². The summed E-state index contributed by atoms with van der Waals surface area (Å²) >= 11 is 0. The highest BCUT2D eigenvalue weighted by Crippen LogP contribution is 2.13. The summed E-state index contributed by atoms with van der Waals surface area (Å²) in [5, 5.41) is 3.29. The molecule has 0 saturated carbocycles. The van der Waals surface area contributed by atoms with Gasteiger partial charge in [-0.25, -0.2) is 8.42 Å². The topological polar surface area (TPSA) is 67.4 Å². The second-order valence-corrected chi connectivity index (χ2v) is 6.49. The molecule has 0 aliphatic carbocycles. The molecule has 0 fully saturated rings. The summed E-state index contributed by atoms with van der Waals surface area (Å²) in [4.78, 5) is 0. The second-order valence-electron chi connectivity index (χ2n) is 4.64. The number of nitrogens with one attached hydrogen (secondary N) is 2. The number of anilines is 1. The van der Waals surface area contributed by atoms with Crippen LogP contribution in [0.1, 0.15) is 25.3 Å². The normalized spacial score (nSPS) is 11.5. The van der Waals surface area contributed by atoms with Crippen molar-refractivity contribution in [3.63, 3.8) is 0 Å². The molecule has 0 radical (unpaired) electrons. The Labute approximate surface area is 121 Å². The molecule has 0 bridgehead atoms. The fourth-order valence-electron chi connectivity index (χ4n) is 1.78. The number of methoxy groups -OCH3 is 1. The zero-order chi connectivity index (χ0) is 14.8. The summed E-state index contributed by atoms with van der Waals surface area (Å²) in [5.74, 6) is 0.0686. The number of hydrogen-bond acceptors (Lipinski definition) is 4. The summed E-state index contributed by atoms with van der Waals surface area (Å²) in [6.07, 6.45) is 1.56. The summed E-state index contributed by atoms with van der Waals surface area (Å²) in [5.41, 5.74) is 1.67. The third-order valence-corrected chi connectivity index (χ3v) is 4.09. The van der Waals surface area contributed by atoms with E-state index in [2.05, 4.69) is 17.0 Å². The molecule has 0 aliphatic heterocycles. The first-order valence-corrected chi connectivity index (χ1v) is 8.51. The van der Waals surface area contributed by atoms with Gasteiger partial charge in [-0.2, -0.15) is 0 Å². The zero-order valence-electron chi connectivity index (χ0n) is 12.2. The van der Waals surface area contributed by atoms with Gasteiger partial charge in [0.25, 0.3) is 0 Å². The van der Waals surface area contributed by atoms with Crippen LogP contribution in [0.25, 0.3) is 0 Å². The lowest BCUT2D eigenvalue weighted by atomic mass is 10.2. The van der Waals surface area contributed by atoms with Crippen LogP contribution in [0.4, 0.5) is 5.69 Å². The Balaban J connectivity index is 2.56. The molecule has 0 unspecified atom stereocenters. The molecule has 1 aromatic carbocycles. The lowest BCUT2D eigenvalue weighted by molar-refractivity contribution is 0.199. The molecule has 0 spiro atoms. The van der Waals surface area contributed by atoms with Gasteiger partial charge in [-0.05, 0) is 37.1 Å². The Morgan fingerprint density at radius 1 is 1.30 bits per heavy atom. The van der Waals surface area contributed by atoms with Gasteiger partial charge in [0, 0.05) is 25.9 Å². The first-order chi connectivity index (χ1) is 9.57. The number of benzene rings is 1. The largest absolute Gasteiger partial charge is 0.385 e. The van der Waals surface area contributed by atoms with Crippen LogP contribution < -0.4 is 10.0 Å². The third-order valence-electron chi connectivity index (χ3n) is 2.72. The molecule has 0 atom stereocenters. The first kappa shape index (κ1) is 16.9. The van der Waals surface area contributed by atoms with Gasteiger partial charge in [0.05, 0.1) is 5.75 Å². The summed E-state index contributed by atoms with van der Waals surface area (Å²) < 4.78 is 31.2. The average Bonchev–Trinajstić information content (AvgIpc) is 2.39. The molecule has 1 rings (SSSR count). The highest BCUT2D eigenvalue weighted by Gasteiger charge is 2.10. The van der Waals surface area contributed by atoms with Crippen molar-refractivity contribution in [1.29, 1.82) is 0 Å². The van der Waals surface area contributed by atoms with Crippen LogP contribution in [0.15, 0.2) is 24.3 Å². The third kappa shape index (κ3) is 6.88. The van der Waals surface area contributed by atoms with Crippen molar-refractivity contribution in [3.8, 4) is 0 Å². The van der Waals surface area contributed by atoms with E-state index in [1.807, 2.05) is 18.2 Å². The van der Waals surface area contributed by atoms with Crippen molar-refractivity contribution in [2.75, 3.05) is 30.7 Å². The number of hydrogen-bond donors (Lipinski definition) is 2. The van der Waals surface area contributed by atoms with Gasteiger partial charge in [-0.1, -0.05) is 19.1 Å². The maximum absolute atomic E-state index is 11.9. The van der Waals surface area contributed by atoms with Crippen molar-refractivity contribution in [3.05, 3.63) is 29.8 Å². The lowest BCUT2D eigenvalue weighted by Crippen LogP contribution is -2.18. The van der Waals surface area contributed by atoms with Crippen molar-refractivity contribution >= 4 is 15.7 Å². The molecule has 0 amide bonds. The average molecular weight is 300 g/mol. The van der Waals surface area contributed by atoms with E-state index in [9.17, 15) is 8.42 Å². The van der Waals surface area contributed by atoms with Gasteiger partial charge in [-0.3, -0.25) is 4.72 Å². The smallest absolute Gasteiger partial charge is 0.232 e. The Bertz CT molecular complexity index is 489. The van der Waals surface area contributed by atoms with Gasteiger partial charge in [-0.15, -0.1) is 0 Å². The van der Waals surface area contributed by atoms with Gasteiger partial charge in [0.2, 0.25) is 10.0 Å².